The monoisotopic (exact) mass is 333 g/mol. The van der Waals surface area contributed by atoms with Crippen molar-refractivity contribution in [1.82, 2.24) is 5.43 Å². The van der Waals surface area contributed by atoms with Gasteiger partial charge in [0.1, 0.15) is 5.75 Å². The molecule has 0 spiro atoms. The van der Waals surface area contributed by atoms with Gasteiger partial charge in [-0.2, -0.15) is 5.10 Å². The molecule has 2 rings (SSSR count). The van der Waals surface area contributed by atoms with Crippen LogP contribution in [0, 0.1) is 24.0 Å². The molecule has 1 aromatic carbocycles. The first-order valence-corrected chi connectivity index (χ1v) is 7.53. The van der Waals surface area contributed by atoms with Gasteiger partial charge < -0.3 is 4.74 Å². The third-order valence-corrected chi connectivity index (χ3v) is 3.83. The molecule has 120 valence electrons. The second-order valence-electron chi connectivity index (χ2n) is 4.78. The van der Waals surface area contributed by atoms with Crippen molar-refractivity contribution in [1.29, 1.82) is 0 Å². The van der Waals surface area contributed by atoms with E-state index < -0.39 is 10.8 Å². The number of hydrazone groups is 1. The Morgan fingerprint density at radius 2 is 2.17 bits per heavy atom. The van der Waals surface area contributed by atoms with Crippen LogP contribution >= 0.6 is 11.3 Å². The number of hydrogen-bond acceptors (Lipinski definition) is 6. The zero-order valence-electron chi connectivity index (χ0n) is 12.6. The number of nitro groups is 1. The number of nitrogens with zero attached hydrogens (tertiary/aromatic N) is 2. The number of nitrogens with one attached hydrogen (secondary N) is 1. The molecule has 7 nitrogen and oxygen atoms in total. The van der Waals surface area contributed by atoms with Gasteiger partial charge in [0.15, 0.2) is 6.61 Å². The summed E-state index contributed by atoms with van der Waals surface area (Å²) in [7, 11) is 0. The highest BCUT2D eigenvalue weighted by atomic mass is 32.1. The predicted octanol–water partition coefficient (Wildman–Crippen LogP) is 2.80. The van der Waals surface area contributed by atoms with E-state index in [0.29, 0.717) is 10.6 Å². The molecule has 2 aromatic rings. The van der Waals surface area contributed by atoms with Crippen molar-refractivity contribution in [3.8, 4) is 5.75 Å². The van der Waals surface area contributed by atoms with E-state index in [9.17, 15) is 14.9 Å². The number of carbonyl (C=O) groups is 1. The summed E-state index contributed by atoms with van der Waals surface area (Å²) in [6.45, 7) is 3.72. The summed E-state index contributed by atoms with van der Waals surface area (Å²) >= 11 is 0.975. The topological polar surface area (TPSA) is 93.8 Å². The van der Waals surface area contributed by atoms with E-state index in [0.717, 1.165) is 22.5 Å². The molecule has 0 saturated heterocycles. The predicted molar refractivity (Wildman–Crippen MR) is 88.1 cm³/mol. The van der Waals surface area contributed by atoms with Crippen LogP contribution in [0.4, 0.5) is 5.00 Å². The molecular formula is C15H15N3O4S. The van der Waals surface area contributed by atoms with Crippen LogP contribution in [0.2, 0.25) is 0 Å². The summed E-state index contributed by atoms with van der Waals surface area (Å²) in [4.78, 5) is 22.3. The number of benzene rings is 1. The van der Waals surface area contributed by atoms with Crippen LogP contribution in [-0.4, -0.2) is 23.7 Å². The van der Waals surface area contributed by atoms with Gasteiger partial charge in [0, 0.05) is 6.07 Å². The van der Waals surface area contributed by atoms with Crippen LogP contribution < -0.4 is 10.2 Å². The molecule has 0 saturated carbocycles. The molecule has 1 N–H and O–H groups in total. The summed E-state index contributed by atoms with van der Waals surface area (Å²) < 4.78 is 5.42. The van der Waals surface area contributed by atoms with Crippen molar-refractivity contribution in [3.63, 3.8) is 0 Å². The number of carbonyl (C=O) groups excluding carboxylic acids is 1. The second-order valence-corrected chi connectivity index (χ2v) is 5.88. The number of thiophene rings is 1. The second kappa shape index (κ2) is 7.50. The fraction of sp³-hybridized carbons (Fsp3) is 0.200. The van der Waals surface area contributed by atoms with Gasteiger partial charge in [-0.25, -0.2) is 5.43 Å². The molecule has 0 unspecified atom stereocenters. The molecule has 0 aliphatic carbocycles. The summed E-state index contributed by atoms with van der Waals surface area (Å²) in [5.74, 6) is 0.232. The Balaban J connectivity index is 1.82. The number of amides is 1. The molecule has 23 heavy (non-hydrogen) atoms. The molecule has 1 aromatic heterocycles. The first-order valence-electron chi connectivity index (χ1n) is 6.72. The summed E-state index contributed by atoms with van der Waals surface area (Å²) in [5.41, 5.74) is 4.38. The van der Waals surface area contributed by atoms with E-state index in [-0.39, 0.29) is 11.6 Å². The van der Waals surface area contributed by atoms with Crippen molar-refractivity contribution in [2.24, 2.45) is 5.10 Å². The lowest BCUT2D eigenvalue weighted by molar-refractivity contribution is -0.380. The third-order valence-electron chi connectivity index (χ3n) is 2.86. The number of rotatable bonds is 6. The third kappa shape index (κ3) is 4.89. The molecule has 8 heteroatoms. The fourth-order valence-electron chi connectivity index (χ4n) is 1.81. The van der Waals surface area contributed by atoms with Crippen LogP contribution in [-0.2, 0) is 4.79 Å². The quantitative estimate of drug-likeness (QED) is 0.499. The van der Waals surface area contributed by atoms with Gasteiger partial charge in [-0.05, 0) is 31.5 Å². The zero-order valence-corrected chi connectivity index (χ0v) is 13.4. The average molecular weight is 333 g/mol. The number of hydrogen-bond donors (Lipinski definition) is 1. The maximum Gasteiger partial charge on any atom is 0.324 e. The van der Waals surface area contributed by atoms with Gasteiger partial charge in [0.25, 0.3) is 5.91 Å². The first-order chi connectivity index (χ1) is 11.0. The lowest BCUT2D eigenvalue weighted by atomic mass is 10.1. The van der Waals surface area contributed by atoms with Crippen molar-refractivity contribution in [3.05, 3.63) is 56.5 Å². The van der Waals surface area contributed by atoms with Crippen molar-refractivity contribution < 1.29 is 14.5 Å². The minimum Gasteiger partial charge on any atom is -0.483 e. The maximum absolute atomic E-state index is 11.6. The molecule has 0 fully saturated rings. The van der Waals surface area contributed by atoms with E-state index in [2.05, 4.69) is 10.5 Å². The van der Waals surface area contributed by atoms with Crippen molar-refractivity contribution >= 4 is 28.5 Å². The van der Waals surface area contributed by atoms with Gasteiger partial charge in [-0.15, -0.1) is 0 Å². The van der Waals surface area contributed by atoms with Crippen LogP contribution in [0.25, 0.3) is 0 Å². The lowest BCUT2D eigenvalue weighted by Gasteiger charge is -2.08. The highest BCUT2D eigenvalue weighted by Crippen LogP contribution is 2.22. The Hall–Kier alpha value is -2.74. The number of ether oxygens (including phenoxy) is 1. The highest BCUT2D eigenvalue weighted by Gasteiger charge is 2.08. The van der Waals surface area contributed by atoms with E-state index in [1.54, 1.807) is 6.07 Å². The van der Waals surface area contributed by atoms with Crippen LogP contribution in [0.5, 0.6) is 5.75 Å². The van der Waals surface area contributed by atoms with Crippen LogP contribution in [0.1, 0.15) is 16.0 Å². The van der Waals surface area contributed by atoms with Gasteiger partial charge in [-0.1, -0.05) is 29.0 Å². The lowest BCUT2D eigenvalue weighted by Crippen LogP contribution is -2.24. The fourth-order valence-corrected chi connectivity index (χ4v) is 2.51. The minimum absolute atomic E-state index is 0.0240. The first kappa shape index (κ1) is 16.6. The Kier molecular flexibility index (Phi) is 5.42. The molecule has 0 radical (unpaired) electrons. The van der Waals surface area contributed by atoms with Gasteiger partial charge in [0.05, 0.1) is 16.0 Å². The summed E-state index contributed by atoms with van der Waals surface area (Å²) in [6.07, 6.45) is 1.35. The molecule has 0 aliphatic rings. The Bertz CT molecular complexity index is 755. The van der Waals surface area contributed by atoms with E-state index in [4.69, 9.17) is 4.74 Å². The minimum atomic E-state index is -0.474. The molecule has 0 aliphatic heterocycles. The maximum atomic E-state index is 11.6. The van der Waals surface area contributed by atoms with Gasteiger partial charge >= 0.3 is 5.00 Å². The molecular weight excluding hydrogens is 318 g/mol. The van der Waals surface area contributed by atoms with Crippen molar-refractivity contribution in [2.75, 3.05) is 6.61 Å². The normalized spacial score (nSPS) is 10.7. The zero-order chi connectivity index (χ0) is 16.8. The van der Waals surface area contributed by atoms with Crippen molar-refractivity contribution in [2.45, 2.75) is 13.8 Å². The van der Waals surface area contributed by atoms with E-state index in [1.165, 1.54) is 12.3 Å². The molecule has 0 atom stereocenters. The Labute approximate surface area is 136 Å². The summed E-state index contributed by atoms with van der Waals surface area (Å²) in [5, 5.41) is 14.3. The van der Waals surface area contributed by atoms with Crippen LogP contribution in [0.3, 0.4) is 0 Å². The standard InChI is InChI=1S/C15H15N3O4S/c1-10-3-5-13(11(2)7-10)22-9-14(19)17-16-8-12-4-6-15(23-12)18(20)21/h3-8H,9H2,1-2H3,(H,17,19)/b16-8+. The van der Waals surface area contributed by atoms with Gasteiger partial charge in [-0.3, -0.25) is 14.9 Å². The smallest absolute Gasteiger partial charge is 0.324 e. The number of aryl methyl sites for hydroxylation is 2. The average Bonchev–Trinajstić information content (AvgIpc) is 2.95. The van der Waals surface area contributed by atoms with E-state index in [1.807, 2.05) is 32.0 Å². The largest absolute Gasteiger partial charge is 0.483 e. The summed E-state index contributed by atoms with van der Waals surface area (Å²) in [6, 6.07) is 8.63. The van der Waals surface area contributed by atoms with Gasteiger partial charge in [0.2, 0.25) is 0 Å². The Morgan fingerprint density at radius 1 is 1.39 bits per heavy atom. The molecule has 1 heterocycles. The highest BCUT2D eigenvalue weighted by molar-refractivity contribution is 7.16. The van der Waals surface area contributed by atoms with Crippen LogP contribution in [0.15, 0.2) is 35.4 Å². The molecule has 0 bridgehead atoms. The Morgan fingerprint density at radius 3 is 2.83 bits per heavy atom. The van der Waals surface area contributed by atoms with E-state index >= 15 is 0 Å². The molecule has 1 amide bonds. The SMILES string of the molecule is Cc1ccc(OCC(=O)N/N=C/c2ccc([N+](=O)[O-])s2)c(C)c1.